The van der Waals surface area contributed by atoms with E-state index in [2.05, 4.69) is 4.98 Å². The van der Waals surface area contributed by atoms with E-state index in [1.54, 1.807) is 6.20 Å². The van der Waals surface area contributed by atoms with E-state index in [4.69, 9.17) is 9.84 Å². The zero-order valence-electron chi connectivity index (χ0n) is 9.10. The predicted octanol–water partition coefficient (Wildman–Crippen LogP) is 2.39. The van der Waals surface area contributed by atoms with Crippen molar-refractivity contribution < 1.29 is 9.84 Å². The number of benzene rings is 1. The van der Waals surface area contributed by atoms with Crippen molar-refractivity contribution in [3.05, 3.63) is 36.5 Å². The molecular formula is C13H15NO2. The van der Waals surface area contributed by atoms with Crippen LogP contribution in [-0.2, 0) is 0 Å². The third-order valence-corrected chi connectivity index (χ3v) is 2.40. The summed E-state index contributed by atoms with van der Waals surface area (Å²) in [6, 6.07) is 9.84. The molecule has 0 fully saturated rings. The third kappa shape index (κ3) is 2.70. The second-order valence-electron chi connectivity index (χ2n) is 3.64. The minimum Gasteiger partial charge on any atom is -0.494 e. The molecule has 0 aliphatic rings. The van der Waals surface area contributed by atoms with Gasteiger partial charge >= 0.3 is 0 Å². The van der Waals surface area contributed by atoms with E-state index >= 15 is 0 Å². The van der Waals surface area contributed by atoms with Crippen LogP contribution in [0.15, 0.2) is 36.5 Å². The second kappa shape index (κ2) is 5.47. The van der Waals surface area contributed by atoms with Gasteiger partial charge in [0, 0.05) is 24.3 Å². The fourth-order valence-corrected chi connectivity index (χ4v) is 1.54. The number of nitrogens with zero attached hydrogens (tertiary/aromatic N) is 1. The molecule has 16 heavy (non-hydrogen) atoms. The van der Waals surface area contributed by atoms with Gasteiger partial charge in [-0.05, 0) is 31.0 Å². The highest BCUT2D eigenvalue weighted by atomic mass is 16.5. The van der Waals surface area contributed by atoms with Gasteiger partial charge in [-0.25, -0.2) is 0 Å². The maximum Gasteiger partial charge on any atom is 0.121 e. The molecule has 0 saturated heterocycles. The van der Waals surface area contributed by atoms with Crippen molar-refractivity contribution in [2.45, 2.75) is 12.8 Å². The fraction of sp³-hybridized carbons (Fsp3) is 0.308. The van der Waals surface area contributed by atoms with E-state index in [0.29, 0.717) is 6.61 Å². The first-order valence-corrected chi connectivity index (χ1v) is 5.48. The van der Waals surface area contributed by atoms with Gasteiger partial charge in [-0.3, -0.25) is 4.98 Å². The lowest BCUT2D eigenvalue weighted by atomic mass is 10.2. The Morgan fingerprint density at radius 3 is 3.00 bits per heavy atom. The van der Waals surface area contributed by atoms with Gasteiger partial charge in [0.15, 0.2) is 0 Å². The van der Waals surface area contributed by atoms with Crippen LogP contribution in [-0.4, -0.2) is 23.3 Å². The fourth-order valence-electron chi connectivity index (χ4n) is 1.54. The lowest BCUT2D eigenvalue weighted by Crippen LogP contribution is -1.98. The maximum absolute atomic E-state index is 8.64. The SMILES string of the molecule is OCCCCOc1ccc2cccnc2c1. The number of unbranched alkanes of at least 4 members (excludes halogenated alkanes) is 1. The van der Waals surface area contributed by atoms with Crippen molar-refractivity contribution in [2.24, 2.45) is 0 Å². The molecule has 0 spiro atoms. The first-order chi connectivity index (χ1) is 7.90. The van der Waals surface area contributed by atoms with Crippen molar-refractivity contribution in [3.63, 3.8) is 0 Å². The largest absolute Gasteiger partial charge is 0.494 e. The summed E-state index contributed by atoms with van der Waals surface area (Å²) < 4.78 is 5.57. The van der Waals surface area contributed by atoms with Crippen molar-refractivity contribution >= 4 is 10.9 Å². The summed E-state index contributed by atoms with van der Waals surface area (Å²) in [5.41, 5.74) is 0.946. The van der Waals surface area contributed by atoms with Crippen LogP contribution in [0.4, 0.5) is 0 Å². The summed E-state index contributed by atoms with van der Waals surface area (Å²) in [5, 5.41) is 9.76. The van der Waals surface area contributed by atoms with E-state index < -0.39 is 0 Å². The molecule has 0 amide bonds. The number of fused-ring (bicyclic) bond motifs is 1. The first-order valence-electron chi connectivity index (χ1n) is 5.48. The molecule has 84 valence electrons. The second-order valence-corrected chi connectivity index (χ2v) is 3.64. The number of rotatable bonds is 5. The van der Waals surface area contributed by atoms with Gasteiger partial charge in [0.25, 0.3) is 0 Å². The summed E-state index contributed by atoms with van der Waals surface area (Å²) >= 11 is 0. The topological polar surface area (TPSA) is 42.4 Å². The molecule has 1 aromatic carbocycles. The van der Waals surface area contributed by atoms with E-state index in [1.165, 1.54) is 0 Å². The lowest BCUT2D eigenvalue weighted by Gasteiger charge is -2.06. The van der Waals surface area contributed by atoms with Crippen molar-refractivity contribution in [3.8, 4) is 5.75 Å². The van der Waals surface area contributed by atoms with E-state index in [1.807, 2.05) is 30.3 Å². The molecule has 0 saturated carbocycles. The van der Waals surface area contributed by atoms with Crippen molar-refractivity contribution in [1.82, 2.24) is 4.98 Å². The van der Waals surface area contributed by atoms with E-state index in [-0.39, 0.29) is 6.61 Å². The molecule has 0 bridgehead atoms. The molecule has 2 aromatic rings. The van der Waals surface area contributed by atoms with Gasteiger partial charge in [0.05, 0.1) is 12.1 Å². The molecule has 1 heterocycles. The molecule has 0 aliphatic heterocycles. The Kier molecular flexibility index (Phi) is 3.72. The monoisotopic (exact) mass is 217 g/mol. The van der Waals surface area contributed by atoms with Crippen molar-refractivity contribution in [2.75, 3.05) is 13.2 Å². The quantitative estimate of drug-likeness (QED) is 0.782. The average molecular weight is 217 g/mol. The Morgan fingerprint density at radius 1 is 1.19 bits per heavy atom. The van der Waals surface area contributed by atoms with Crippen LogP contribution in [0.1, 0.15) is 12.8 Å². The van der Waals surface area contributed by atoms with Crippen LogP contribution in [0.3, 0.4) is 0 Å². The standard InChI is InChI=1S/C13H15NO2/c15-8-1-2-9-16-12-6-5-11-4-3-7-14-13(11)10-12/h3-7,10,15H,1-2,8-9H2. The van der Waals surface area contributed by atoms with Gasteiger partial charge in [0.1, 0.15) is 5.75 Å². The number of hydrogen-bond acceptors (Lipinski definition) is 3. The number of aliphatic hydroxyl groups is 1. The van der Waals surface area contributed by atoms with Gasteiger partial charge < -0.3 is 9.84 Å². The lowest BCUT2D eigenvalue weighted by molar-refractivity contribution is 0.253. The van der Waals surface area contributed by atoms with Crippen LogP contribution < -0.4 is 4.74 Å². The van der Waals surface area contributed by atoms with Crippen LogP contribution in [0, 0.1) is 0 Å². The van der Waals surface area contributed by atoms with Crippen molar-refractivity contribution in [1.29, 1.82) is 0 Å². The van der Waals surface area contributed by atoms with E-state index in [0.717, 1.165) is 29.5 Å². The van der Waals surface area contributed by atoms with Crippen LogP contribution in [0.5, 0.6) is 5.75 Å². The Morgan fingerprint density at radius 2 is 2.12 bits per heavy atom. The summed E-state index contributed by atoms with van der Waals surface area (Å²) in [6.45, 7) is 0.863. The molecule has 0 aliphatic carbocycles. The summed E-state index contributed by atoms with van der Waals surface area (Å²) in [7, 11) is 0. The Hall–Kier alpha value is -1.61. The first kappa shape index (κ1) is 10.9. The van der Waals surface area contributed by atoms with Gasteiger partial charge in [-0.1, -0.05) is 6.07 Å². The van der Waals surface area contributed by atoms with Gasteiger partial charge in [-0.15, -0.1) is 0 Å². The molecule has 2 rings (SSSR count). The predicted molar refractivity (Wildman–Crippen MR) is 63.6 cm³/mol. The minimum atomic E-state index is 0.225. The molecule has 0 atom stereocenters. The number of hydrogen-bond donors (Lipinski definition) is 1. The molecule has 1 aromatic heterocycles. The van der Waals surface area contributed by atoms with Gasteiger partial charge in [0.2, 0.25) is 0 Å². The summed E-state index contributed by atoms with van der Waals surface area (Å²) in [5.74, 6) is 0.837. The Bertz CT molecular complexity index is 456. The third-order valence-electron chi connectivity index (χ3n) is 2.40. The summed E-state index contributed by atoms with van der Waals surface area (Å²) in [6.07, 6.45) is 3.43. The molecule has 3 heteroatoms. The molecule has 0 radical (unpaired) electrons. The maximum atomic E-state index is 8.64. The molecule has 1 N–H and O–H groups in total. The number of aliphatic hydroxyl groups excluding tert-OH is 1. The zero-order valence-corrected chi connectivity index (χ0v) is 9.10. The highest BCUT2D eigenvalue weighted by Crippen LogP contribution is 2.18. The Balaban J connectivity index is 2.02. The molecule has 3 nitrogen and oxygen atoms in total. The highest BCUT2D eigenvalue weighted by Gasteiger charge is 1.97. The van der Waals surface area contributed by atoms with Crippen LogP contribution in [0.2, 0.25) is 0 Å². The van der Waals surface area contributed by atoms with Crippen LogP contribution >= 0.6 is 0 Å². The number of aromatic nitrogens is 1. The minimum absolute atomic E-state index is 0.225. The van der Waals surface area contributed by atoms with Crippen LogP contribution in [0.25, 0.3) is 10.9 Å². The molecular weight excluding hydrogens is 202 g/mol. The zero-order chi connectivity index (χ0) is 11.2. The highest BCUT2D eigenvalue weighted by molar-refractivity contribution is 5.79. The molecule has 0 unspecified atom stereocenters. The Labute approximate surface area is 94.7 Å². The summed E-state index contributed by atoms with van der Waals surface area (Å²) in [4.78, 5) is 4.27. The number of pyridine rings is 1. The smallest absolute Gasteiger partial charge is 0.121 e. The van der Waals surface area contributed by atoms with Gasteiger partial charge in [-0.2, -0.15) is 0 Å². The number of ether oxygens (including phenoxy) is 1. The average Bonchev–Trinajstić information content (AvgIpc) is 2.34. The van der Waals surface area contributed by atoms with E-state index in [9.17, 15) is 0 Å². The normalized spacial score (nSPS) is 10.6.